The number of aliphatic hydroxyl groups excluding tert-OH is 1. The van der Waals surface area contributed by atoms with Crippen LogP contribution >= 0.6 is 0 Å². The van der Waals surface area contributed by atoms with Crippen LogP contribution in [0, 0.1) is 0 Å². The standard InChI is InChI=1S/C17H17N5O2/c23-13-8-15(22(11-13)10-12-4-2-1-3-5-12)17-20-16(21-24-17)14-9-18-6-7-19-14/h1-7,9,13,15,23H,8,10-11H2. The monoisotopic (exact) mass is 323 g/mol. The summed E-state index contributed by atoms with van der Waals surface area (Å²) in [6.45, 7) is 1.31. The van der Waals surface area contributed by atoms with E-state index >= 15 is 0 Å². The smallest absolute Gasteiger partial charge is 0.244 e. The summed E-state index contributed by atoms with van der Waals surface area (Å²) in [6.07, 6.45) is 4.96. The maximum absolute atomic E-state index is 10.1. The van der Waals surface area contributed by atoms with E-state index in [9.17, 15) is 5.11 Å². The van der Waals surface area contributed by atoms with Gasteiger partial charge in [0.25, 0.3) is 0 Å². The Hall–Kier alpha value is -2.64. The highest BCUT2D eigenvalue weighted by Crippen LogP contribution is 2.33. The molecule has 0 bridgehead atoms. The molecule has 0 amide bonds. The van der Waals surface area contributed by atoms with Gasteiger partial charge in [0.15, 0.2) is 0 Å². The average Bonchev–Trinajstić information content (AvgIpc) is 3.23. The summed E-state index contributed by atoms with van der Waals surface area (Å²) in [6, 6.07) is 10.1. The minimum atomic E-state index is -0.398. The minimum absolute atomic E-state index is 0.0990. The van der Waals surface area contributed by atoms with Crippen molar-refractivity contribution >= 4 is 0 Å². The Morgan fingerprint density at radius 1 is 1.21 bits per heavy atom. The van der Waals surface area contributed by atoms with E-state index in [1.807, 2.05) is 18.2 Å². The molecule has 122 valence electrons. The Morgan fingerprint density at radius 2 is 2.08 bits per heavy atom. The predicted molar refractivity (Wildman–Crippen MR) is 85.5 cm³/mol. The first-order valence-electron chi connectivity index (χ1n) is 7.85. The molecule has 0 aliphatic carbocycles. The second-order valence-electron chi connectivity index (χ2n) is 5.87. The van der Waals surface area contributed by atoms with Crippen LogP contribution in [0.15, 0.2) is 53.4 Å². The molecule has 1 aliphatic rings. The number of benzene rings is 1. The van der Waals surface area contributed by atoms with E-state index < -0.39 is 6.10 Å². The van der Waals surface area contributed by atoms with E-state index in [4.69, 9.17) is 4.52 Å². The minimum Gasteiger partial charge on any atom is -0.392 e. The van der Waals surface area contributed by atoms with E-state index in [0.29, 0.717) is 30.4 Å². The van der Waals surface area contributed by atoms with Gasteiger partial charge in [0.1, 0.15) is 5.69 Å². The molecule has 0 saturated carbocycles. The molecule has 1 aromatic carbocycles. The molecule has 1 N–H and O–H groups in total. The first-order chi connectivity index (χ1) is 11.8. The predicted octanol–water partition coefficient (Wildman–Crippen LogP) is 1.83. The lowest BCUT2D eigenvalue weighted by Crippen LogP contribution is -2.24. The summed E-state index contributed by atoms with van der Waals surface area (Å²) in [7, 11) is 0. The van der Waals surface area contributed by atoms with Crippen molar-refractivity contribution < 1.29 is 9.63 Å². The maximum Gasteiger partial charge on any atom is 0.244 e. The van der Waals surface area contributed by atoms with Crippen LogP contribution in [0.25, 0.3) is 11.5 Å². The van der Waals surface area contributed by atoms with Crippen LogP contribution in [0.1, 0.15) is 23.9 Å². The highest BCUT2D eigenvalue weighted by molar-refractivity contribution is 5.45. The normalized spacial score (nSPS) is 21.2. The fourth-order valence-electron chi connectivity index (χ4n) is 3.02. The topological polar surface area (TPSA) is 88.2 Å². The molecular formula is C17H17N5O2. The Kier molecular flexibility index (Phi) is 4.02. The summed E-state index contributed by atoms with van der Waals surface area (Å²) < 4.78 is 5.44. The summed E-state index contributed by atoms with van der Waals surface area (Å²) in [4.78, 5) is 14.8. The quantitative estimate of drug-likeness (QED) is 0.783. The molecule has 2 atom stereocenters. The van der Waals surface area contributed by atoms with E-state index in [1.54, 1.807) is 18.6 Å². The van der Waals surface area contributed by atoms with Gasteiger partial charge in [-0.1, -0.05) is 35.5 Å². The van der Waals surface area contributed by atoms with Crippen molar-refractivity contribution in [2.24, 2.45) is 0 Å². The molecule has 3 aromatic rings. The van der Waals surface area contributed by atoms with Crippen molar-refractivity contribution in [1.29, 1.82) is 0 Å². The van der Waals surface area contributed by atoms with Crippen molar-refractivity contribution in [3.63, 3.8) is 0 Å². The Labute approximate surface area is 139 Å². The fraction of sp³-hybridized carbons (Fsp3) is 0.294. The van der Waals surface area contributed by atoms with Gasteiger partial charge < -0.3 is 9.63 Å². The molecule has 3 heterocycles. The second kappa shape index (κ2) is 6.46. The molecular weight excluding hydrogens is 306 g/mol. The van der Waals surface area contributed by atoms with Crippen LogP contribution in [0.4, 0.5) is 0 Å². The molecule has 4 rings (SSSR count). The molecule has 7 nitrogen and oxygen atoms in total. The molecule has 1 saturated heterocycles. The summed E-state index contributed by atoms with van der Waals surface area (Å²) in [5, 5.41) is 14.1. The number of aliphatic hydroxyl groups is 1. The number of likely N-dealkylation sites (tertiary alicyclic amines) is 1. The van der Waals surface area contributed by atoms with Crippen molar-refractivity contribution in [2.45, 2.75) is 25.1 Å². The molecule has 1 aliphatic heterocycles. The molecule has 7 heteroatoms. The largest absolute Gasteiger partial charge is 0.392 e. The Bertz CT molecular complexity index is 793. The molecule has 0 radical (unpaired) electrons. The van der Waals surface area contributed by atoms with Gasteiger partial charge in [0.2, 0.25) is 11.7 Å². The third-order valence-corrected chi connectivity index (χ3v) is 4.13. The van der Waals surface area contributed by atoms with E-state index in [2.05, 4.69) is 37.1 Å². The number of rotatable bonds is 4. The van der Waals surface area contributed by atoms with Crippen LogP contribution < -0.4 is 0 Å². The van der Waals surface area contributed by atoms with Crippen molar-refractivity contribution in [2.75, 3.05) is 6.54 Å². The van der Waals surface area contributed by atoms with Gasteiger partial charge in [0, 0.05) is 25.5 Å². The second-order valence-corrected chi connectivity index (χ2v) is 5.87. The lowest BCUT2D eigenvalue weighted by atomic mass is 10.1. The van der Waals surface area contributed by atoms with Crippen LogP contribution in [0.3, 0.4) is 0 Å². The highest BCUT2D eigenvalue weighted by Gasteiger charge is 2.35. The van der Waals surface area contributed by atoms with Gasteiger partial charge in [0.05, 0.1) is 18.3 Å². The fourth-order valence-corrected chi connectivity index (χ4v) is 3.02. The molecule has 24 heavy (non-hydrogen) atoms. The van der Waals surface area contributed by atoms with Gasteiger partial charge in [-0.15, -0.1) is 0 Å². The van der Waals surface area contributed by atoms with Gasteiger partial charge in [-0.25, -0.2) is 4.98 Å². The zero-order chi connectivity index (χ0) is 16.4. The number of hydrogen-bond donors (Lipinski definition) is 1. The number of β-amino-alcohol motifs (C(OH)–C–C–N with tert-alkyl or cyclic N) is 1. The molecule has 0 spiro atoms. The van der Waals surface area contributed by atoms with Gasteiger partial charge in [-0.2, -0.15) is 4.98 Å². The number of hydrogen-bond acceptors (Lipinski definition) is 7. The third-order valence-electron chi connectivity index (χ3n) is 4.13. The van der Waals surface area contributed by atoms with Crippen LogP contribution in [-0.4, -0.2) is 42.8 Å². The number of aromatic nitrogens is 4. The van der Waals surface area contributed by atoms with Gasteiger partial charge in [-0.05, 0) is 12.0 Å². The van der Waals surface area contributed by atoms with Crippen LogP contribution in [0.2, 0.25) is 0 Å². The van der Waals surface area contributed by atoms with Crippen molar-refractivity contribution in [3.05, 3.63) is 60.4 Å². The summed E-state index contributed by atoms with van der Waals surface area (Å²) >= 11 is 0. The number of nitrogens with zero attached hydrogens (tertiary/aromatic N) is 5. The van der Waals surface area contributed by atoms with E-state index in [-0.39, 0.29) is 6.04 Å². The lowest BCUT2D eigenvalue weighted by Gasteiger charge is -2.21. The SMILES string of the molecule is OC1CC(c2nc(-c3cnccn3)no2)N(Cc2ccccc2)C1. The Morgan fingerprint density at radius 3 is 2.88 bits per heavy atom. The zero-order valence-corrected chi connectivity index (χ0v) is 13.0. The molecule has 2 aromatic heterocycles. The first-order valence-corrected chi connectivity index (χ1v) is 7.85. The van der Waals surface area contributed by atoms with Crippen LogP contribution in [-0.2, 0) is 6.54 Å². The summed E-state index contributed by atoms with van der Waals surface area (Å²) in [5.41, 5.74) is 1.76. The lowest BCUT2D eigenvalue weighted by molar-refractivity contribution is 0.169. The highest BCUT2D eigenvalue weighted by atomic mass is 16.5. The first kappa shape index (κ1) is 14.9. The van der Waals surface area contributed by atoms with Crippen LogP contribution in [0.5, 0.6) is 0 Å². The zero-order valence-electron chi connectivity index (χ0n) is 13.0. The van der Waals surface area contributed by atoms with Gasteiger partial charge in [-0.3, -0.25) is 9.88 Å². The van der Waals surface area contributed by atoms with Crippen molar-refractivity contribution in [3.8, 4) is 11.5 Å². The molecule has 2 unspecified atom stereocenters. The van der Waals surface area contributed by atoms with E-state index in [0.717, 1.165) is 6.54 Å². The van der Waals surface area contributed by atoms with Gasteiger partial charge >= 0.3 is 0 Å². The third kappa shape index (κ3) is 3.04. The molecule has 1 fully saturated rings. The van der Waals surface area contributed by atoms with E-state index in [1.165, 1.54) is 5.56 Å². The summed E-state index contributed by atoms with van der Waals surface area (Å²) in [5.74, 6) is 0.919. The van der Waals surface area contributed by atoms with Crippen molar-refractivity contribution in [1.82, 2.24) is 25.0 Å². The average molecular weight is 323 g/mol. The Balaban J connectivity index is 1.57. The maximum atomic E-state index is 10.1.